The molecular formula is C16H14ClF2NO2. The number of hydrogen-bond donors (Lipinski definition) is 2. The molecule has 0 aromatic heterocycles. The SMILES string of the molecule is CC(O)(CNC(=O)c1cc(Cl)ccc1F)c1ccc(F)cc1. The van der Waals surface area contributed by atoms with E-state index in [1.165, 1.54) is 43.3 Å². The van der Waals surface area contributed by atoms with Crippen LogP contribution in [-0.4, -0.2) is 17.6 Å². The van der Waals surface area contributed by atoms with Crippen LogP contribution in [0.5, 0.6) is 0 Å². The second-order valence-corrected chi connectivity index (χ2v) is 5.52. The first-order valence-electron chi connectivity index (χ1n) is 6.51. The topological polar surface area (TPSA) is 49.3 Å². The van der Waals surface area contributed by atoms with Crippen molar-refractivity contribution in [3.63, 3.8) is 0 Å². The average Bonchev–Trinajstić information content (AvgIpc) is 2.48. The van der Waals surface area contributed by atoms with E-state index in [2.05, 4.69) is 5.32 Å². The zero-order chi connectivity index (χ0) is 16.3. The van der Waals surface area contributed by atoms with E-state index in [9.17, 15) is 18.7 Å². The molecule has 0 saturated carbocycles. The van der Waals surface area contributed by atoms with Crippen LogP contribution in [0.4, 0.5) is 8.78 Å². The molecule has 2 aromatic rings. The summed E-state index contributed by atoms with van der Waals surface area (Å²) in [6.45, 7) is 1.30. The predicted molar refractivity (Wildman–Crippen MR) is 79.7 cm³/mol. The van der Waals surface area contributed by atoms with Gasteiger partial charge in [-0.3, -0.25) is 4.79 Å². The lowest BCUT2D eigenvalue weighted by Gasteiger charge is -2.24. The van der Waals surface area contributed by atoms with E-state index < -0.39 is 23.1 Å². The fraction of sp³-hybridized carbons (Fsp3) is 0.188. The highest BCUT2D eigenvalue weighted by atomic mass is 35.5. The molecule has 0 aliphatic carbocycles. The molecule has 1 atom stereocenters. The first-order chi connectivity index (χ1) is 10.3. The summed E-state index contributed by atoms with van der Waals surface area (Å²) in [6, 6.07) is 8.89. The van der Waals surface area contributed by atoms with Gasteiger partial charge in [-0.2, -0.15) is 0 Å². The summed E-state index contributed by atoms with van der Waals surface area (Å²) >= 11 is 5.73. The molecule has 0 fully saturated rings. The molecule has 0 heterocycles. The molecule has 2 rings (SSSR count). The average molecular weight is 326 g/mol. The van der Waals surface area contributed by atoms with Gasteiger partial charge in [0.25, 0.3) is 5.91 Å². The molecule has 22 heavy (non-hydrogen) atoms. The molecule has 0 aliphatic heterocycles. The lowest BCUT2D eigenvalue weighted by molar-refractivity contribution is 0.0524. The van der Waals surface area contributed by atoms with Crippen LogP contribution >= 0.6 is 11.6 Å². The zero-order valence-corrected chi connectivity index (χ0v) is 12.5. The van der Waals surface area contributed by atoms with Crippen molar-refractivity contribution in [1.82, 2.24) is 5.32 Å². The summed E-state index contributed by atoms with van der Waals surface area (Å²) in [4.78, 5) is 12.0. The number of amides is 1. The number of nitrogens with one attached hydrogen (secondary N) is 1. The number of halogens is 3. The van der Waals surface area contributed by atoms with Crippen molar-refractivity contribution >= 4 is 17.5 Å². The van der Waals surface area contributed by atoms with E-state index in [1.807, 2.05) is 0 Å². The number of hydrogen-bond acceptors (Lipinski definition) is 2. The summed E-state index contributed by atoms with van der Waals surface area (Å²) in [5.74, 6) is -1.82. The Balaban J connectivity index is 2.09. The predicted octanol–water partition coefficient (Wildman–Crippen LogP) is 3.26. The van der Waals surface area contributed by atoms with Crippen molar-refractivity contribution < 1.29 is 18.7 Å². The molecule has 0 saturated heterocycles. The Hall–Kier alpha value is -1.98. The number of aliphatic hydroxyl groups is 1. The summed E-state index contributed by atoms with van der Waals surface area (Å²) < 4.78 is 26.5. The van der Waals surface area contributed by atoms with Gasteiger partial charge < -0.3 is 10.4 Å². The van der Waals surface area contributed by atoms with Gasteiger partial charge in [-0.25, -0.2) is 8.78 Å². The highest BCUT2D eigenvalue weighted by Gasteiger charge is 2.24. The second-order valence-electron chi connectivity index (χ2n) is 5.09. The summed E-state index contributed by atoms with van der Waals surface area (Å²) in [7, 11) is 0. The standard InChI is InChI=1S/C16H14ClF2NO2/c1-16(22,10-2-5-12(18)6-3-10)9-20-15(21)13-8-11(17)4-7-14(13)19/h2-8,22H,9H2,1H3,(H,20,21). The molecule has 0 radical (unpaired) electrons. The van der Waals surface area contributed by atoms with Crippen LogP contribution in [0, 0.1) is 11.6 Å². The van der Waals surface area contributed by atoms with Gasteiger partial charge in [0.1, 0.15) is 17.2 Å². The molecule has 6 heteroatoms. The zero-order valence-electron chi connectivity index (χ0n) is 11.7. The smallest absolute Gasteiger partial charge is 0.254 e. The number of rotatable bonds is 4. The molecular weight excluding hydrogens is 312 g/mol. The van der Waals surface area contributed by atoms with Crippen molar-refractivity contribution in [3.05, 3.63) is 70.2 Å². The molecule has 2 N–H and O–H groups in total. The van der Waals surface area contributed by atoms with Crippen molar-refractivity contribution in [3.8, 4) is 0 Å². The van der Waals surface area contributed by atoms with Gasteiger partial charge in [-0.05, 0) is 42.8 Å². The molecule has 0 aliphatic rings. The lowest BCUT2D eigenvalue weighted by atomic mass is 9.96. The summed E-state index contributed by atoms with van der Waals surface area (Å²) in [5.41, 5.74) is -1.19. The second kappa shape index (κ2) is 6.42. The Morgan fingerprint density at radius 2 is 1.86 bits per heavy atom. The Kier molecular flexibility index (Phi) is 4.78. The number of carbonyl (C=O) groups is 1. The van der Waals surface area contributed by atoms with Gasteiger partial charge in [0, 0.05) is 5.02 Å². The maximum Gasteiger partial charge on any atom is 0.254 e. The van der Waals surface area contributed by atoms with Crippen LogP contribution in [-0.2, 0) is 5.60 Å². The highest BCUT2D eigenvalue weighted by molar-refractivity contribution is 6.31. The van der Waals surface area contributed by atoms with Gasteiger partial charge >= 0.3 is 0 Å². The maximum absolute atomic E-state index is 13.6. The van der Waals surface area contributed by atoms with Crippen molar-refractivity contribution in [1.29, 1.82) is 0 Å². The number of benzene rings is 2. The van der Waals surface area contributed by atoms with E-state index in [4.69, 9.17) is 11.6 Å². The van der Waals surface area contributed by atoms with Crippen LogP contribution in [0.25, 0.3) is 0 Å². The van der Waals surface area contributed by atoms with Gasteiger partial charge in [0.15, 0.2) is 0 Å². The Morgan fingerprint density at radius 1 is 1.23 bits per heavy atom. The quantitative estimate of drug-likeness (QED) is 0.906. The minimum Gasteiger partial charge on any atom is -0.384 e. The van der Waals surface area contributed by atoms with Crippen molar-refractivity contribution in [2.24, 2.45) is 0 Å². The minimum atomic E-state index is -1.42. The van der Waals surface area contributed by atoms with E-state index in [0.717, 1.165) is 6.07 Å². The fourth-order valence-electron chi connectivity index (χ4n) is 1.93. The number of carbonyl (C=O) groups excluding carboxylic acids is 1. The minimum absolute atomic E-state index is 0.163. The van der Waals surface area contributed by atoms with E-state index in [0.29, 0.717) is 5.56 Å². The molecule has 0 spiro atoms. The Bertz CT molecular complexity index is 687. The van der Waals surface area contributed by atoms with E-state index >= 15 is 0 Å². The summed E-state index contributed by atoms with van der Waals surface area (Å²) in [6.07, 6.45) is 0. The van der Waals surface area contributed by atoms with Gasteiger partial charge in [-0.15, -0.1) is 0 Å². The van der Waals surface area contributed by atoms with Crippen LogP contribution in [0.1, 0.15) is 22.8 Å². The maximum atomic E-state index is 13.6. The molecule has 2 aromatic carbocycles. The summed E-state index contributed by atoms with van der Waals surface area (Å²) in [5, 5.41) is 13.0. The van der Waals surface area contributed by atoms with Gasteiger partial charge in [-0.1, -0.05) is 23.7 Å². The molecule has 1 amide bonds. The third kappa shape index (κ3) is 3.81. The molecule has 1 unspecified atom stereocenters. The van der Waals surface area contributed by atoms with E-state index in [1.54, 1.807) is 0 Å². The van der Waals surface area contributed by atoms with E-state index in [-0.39, 0.29) is 17.1 Å². The van der Waals surface area contributed by atoms with Crippen LogP contribution in [0.15, 0.2) is 42.5 Å². The third-order valence-corrected chi connectivity index (χ3v) is 3.47. The largest absolute Gasteiger partial charge is 0.384 e. The fourth-order valence-corrected chi connectivity index (χ4v) is 2.10. The lowest BCUT2D eigenvalue weighted by Crippen LogP contribution is -2.38. The van der Waals surface area contributed by atoms with Crippen LogP contribution in [0.2, 0.25) is 5.02 Å². The molecule has 3 nitrogen and oxygen atoms in total. The monoisotopic (exact) mass is 325 g/mol. The van der Waals surface area contributed by atoms with Crippen LogP contribution < -0.4 is 5.32 Å². The highest BCUT2D eigenvalue weighted by Crippen LogP contribution is 2.20. The molecule has 0 bridgehead atoms. The van der Waals surface area contributed by atoms with Crippen molar-refractivity contribution in [2.45, 2.75) is 12.5 Å². The normalized spacial score (nSPS) is 13.5. The van der Waals surface area contributed by atoms with Gasteiger partial charge in [0.05, 0.1) is 12.1 Å². The molecule has 116 valence electrons. The van der Waals surface area contributed by atoms with Crippen LogP contribution in [0.3, 0.4) is 0 Å². The van der Waals surface area contributed by atoms with Gasteiger partial charge in [0.2, 0.25) is 0 Å². The third-order valence-electron chi connectivity index (χ3n) is 3.23. The Morgan fingerprint density at radius 3 is 2.50 bits per heavy atom. The first-order valence-corrected chi connectivity index (χ1v) is 6.89. The Labute approximate surface area is 131 Å². The first kappa shape index (κ1) is 16.4. The van der Waals surface area contributed by atoms with Crippen molar-refractivity contribution in [2.75, 3.05) is 6.54 Å².